The number of hydrogen-bond acceptors (Lipinski definition) is 6. The number of rotatable bonds is 6. The number of esters is 1. The molecule has 8 heteroatoms. The van der Waals surface area contributed by atoms with Crippen LogP contribution in [0.15, 0.2) is 41.3 Å². The zero-order valence-corrected chi connectivity index (χ0v) is 24.2. The molecule has 0 aromatic heterocycles. The average Bonchev–Trinajstić information content (AvgIpc) is 2.69. The van der Waals surface area contributed by atoms with Crippen LogP contribution in [0.4, 0.5) is 0 Å². The molecule has 0 radical (unpaired) electrons. The highest BCUT2D eigenvalue weighted by molar-refractivity contribution is 7.85. The molecule has 2 rings (SSSR count). The second-order valence-corrected chi connectivity index (χ2v) is 13.6. The topological polar surface area (TPSA) is 104 Å². The van der Waals surface area contributed by atoms with E-state index in [2.05, 4.69) is 21.1 Å². The molecule has 0 unspecified atom stereocenters. The van der Waals surface area contributed by atoms with Crippen LogP contribution in [0.25, 0.3) is 0 Å². The van der Waals surface area contributed by atoms with Crippen LogP contribution in [-0.2, 0) is 25.7 Å². The minimum absolute atomic E-state index is 0.178. The van der Waals surface area contributed by atoms with E-state index in [0.717, 1.165) is 34.1 Å². The molecule has 0 amide bonds. The molecule has 202 valence electrons. The first-order chi connectivity index (χ1) is 16.1. The number of phenols is 1. The number of carbonyl (C=O) groups excluding carboxylic acids is 1. The molecule has 0 spiro atoms. The Morgan fingerprint density at radius 3 is 1.75 bits per heavy atom. The molecule has 1 N–H and O–H groups in total. The summed E-state index contributed by atoms with van der Waals surface area (Å²) in [6.07, 6.45) is 0.825. The smallest absolute Gasteiger partial charge is 0.338 e. The van der Waals surface area contributed by atoms with Gasteiger partial charge in [0.15, 0.2) is 0 Å². The summed E-state index contributed by atoms with van der Waals surface area (Å²) < 4.78 is 37.5. The lowest BCUT2D eigenvalue weighted by Crippen LogP contribution is -2.35. The van der Waals surface area contributed by atoms with Crippen LogP contribution in [-0.4, -0.2) is 62.8 Å². The molecule has 2 aromatic carbocycles. The summed E-state index contributed by atoms with van der Waals surface area (Å²) in [4.78, 5) is 12.4. The highest BCUT2D eigenvalue weighted by Gasteiger charge is 2.28. The quantitative estimate of drug-likeness (QED) is 0.244. The highest BCUT2D eigenvalue weighted by atomic mass is 32.2. The Balaban J connectivity index is 0.000000488. The SMILES string of the molecule is CC(C)(C)c1cc(C(=O)OCCC[N+](C)(C)C)cc(C(C)(C)C)c1O.Cc1ccc(S(=O)(=O)[O-])cc1. The first-order valence-corrected chi connectivity index (χ1v) is 13.4. The number of phenolic OH excluding ortho intramolecular Hbond substituents is 1. The van der Waals surface area contributed by atoms with E-state index in [1.165, 1.54) is 12.1 Å². The van der Waals surface area contributed by atoms with Gasteiger partial charge in [0.05, 0.1) is 44.8 Å². The maximum absolute atomic E-state index is 12.5. The van der Waals surface area contributed by atoms with E-state index in [0.29, 0.717) is 12.2 Å². The van der Waals surface area contributed by atoms with Crippen LogP contribution in [0, 0.1) is 6.92 Å². The van der Waals surface area contributed by atoms with Gasteiger partial charge in [-0.15, -0.1) is 0 Å². The van der Waals surface area contributed by atoms with Gasteiger partial charge in [-0.25, -0.2) is 13.2 Å². The molecule has 0 atom stereocenters. The minimum Gasteiger partial charge on any atom is -0.744 e. The lowest BCUT2D eigenvalue weighted by molar-refractivity contribution is -0.870. The maximum atomic E-state index is 12.5. The molecule has 0 saturated heterocycles. The molecular formula is C28H43NO6S. The predicted molar refractivity (Wildman–Crippen MR) is 142 cm³/mol. The number of quaternary nitrogens is 1. The van der Waals surface area contributed by atoms with Crippen molar-refractivity contribution < 1.29 is 32.1 Å². The van der Waals surface area contributed by atoms with Gasteiger partial charge in [0.1, 0.15) is 15.9 Å². The Labute approximate surface area is 217 Å². The molecule has 36 heavy (non-hydrogen) atoms. The standard InChI is InChI=1S/C21H35NO3.C7H8O3S/c1-20(2,3)16-13-15(14-17(18(16)23)21(4,5)6)19(24)25-12-10-11-22(7,8)9;1-6-2-4-7(5-3-6)11(8,9)10/h13-14H,10-12H2,1-9H3;2-5H,1H3,(H,8,9,10). The number of hydrogen-bond donors (Lipinski definition) is 1. The van der Waals surface area contributed by atoms with Gasteiger partial charge in [-0.3, -0.25) is 0 Å². The van der Waals surface area contributed by atoms with Crippen LogP contribution < -0.4 is 0 Å². The fourth-order valence-electron chi connectivity index (χ4n) is 3.39. The number of carbonyl (C=O) groups is 1. The van der Waals surface area contributed by atoms with Crippen molar-refractivity contribution in [2.75, 3.05) is 34.3 Å². The van der Waals surface area contributed by atoms with Crippen LogP contribution in [0.5, 0.6) is 5.75 Å². The van der Waals surface area contributed by atoms with Gasteiger partial charge >= 0.3 is 5.97 Å². The summed E-state index contributed by atoms with van der Waals surface area (Å²) >= 11 is 0. The number of nitrogens with zero attached hydrogens (tertiary/aromatic N) is 1. The van der Waals surface area contributed by atoms with E-state index in [4.69, 9.17) is 4.74 Å². The summed E-state index contributed by atoms with van der Waals surface area (Å²) in [5.41, 5.74) is 2.47. The van der Waals surface area contributed by atoms with Crippen molar-refractivity contribution in [3.8, 4) is 5.75 Å². The van der Waals surface area contributed by atoms with Crippen molar-refractivity contribution in [3.05, 3.63) is 58.7 Å². The zero-order valence-electron chi connectivity index (χ0n) is 23.4. The monoisotopic (exact) mass is 521 g/mol. The minimum atomic E-state index is -4.27. The Bertz CT molecular complexity index is 1100. The van der Waals surface area contributed by atoms with Crippen molar-refractivity contribution in [2.24, 2.45) is 0 Å². The molecular weight excluding hydrogens is 478 g/mol. The Morgan fingerprint density at radius 2 is 1.39 bits per heavy atom. The van der Waals surface area contributed by atoms with Gasteiger partial charge in [-0.1, -0.05) is 59.2 Å². The Morgan fingerprint density at radius 1 is 0.944 bits per heavy atom. The second kappa shape index (κ2) is 11.8. The van der Waals surface area contributed by atoms with Gasteiger partial charge < -0.3 is 18.9 Å². The summed E-state index contributed by atoms with van der Waals surface area (Å²) in [5, 5.41) is 10.7. The summed E-state index contributed by atoms with van der Waals surface area (Å²) in [6, 6.07) is 9.32. The zero-order chi connectivity index (χ0) is 28.1. The molecule has 0 aliphatic carbocycles. The first kappa shape index (κ1) is 31.6. The first-order valence-electron chi connectivity index (χ1n) is 12.0. The number of aromatic hydroxyl groups is 1. The van der Waals surface area contributed by atoms with Crippen molar-refractivity contribution in [1.82, 2.24) is 0 Å². The van der Waals surface area contributed by atoms with E-state index in [9.17, 15) is 22.9 Å². The van der Waals surface area contributed by atoms with E-state index in [1.54, 1.807) is 24.3 Å². The lowest BCUT2D eigenvalue weighted by Gasteiger charge is -2.28. The molecule has 0 aliphatic heterocycles. The maximum Gasteiger partial charge on any atom is 0.338 e. The molecule has 0 saturated carbocycles. The van der Waals surface area contributed by atoms with Gasteiger partial charge in [-0.05, 0) is 42.0 Å². The molecule has 7 nitrogen and oxygen atoms in total. The van der Waals surface area contributed by atoms with E-state index in [-0.39, 0.29) is 27.4 Å². The van der Waals surface area contributed by atoms with Crippen molar-refractivity contribution in [3.63, 3.8) is 0 Å². The molecule has 0 bridgehead atoms. The van der Waals surface area contributed by atoms with E-state index < -0.39 is 10.1 Å². The number of aryl methyl sites for hydroxylation is 1. The van der Waals surface area contributed by atoms with E-state index in [1.807, 2.05) is 48.5 Å². The van der Waals surface area contributed by atoms with Crippen molar-refractivity contribution in [2.45, 2.75) is 70.6 Å². The fourth-order valence-corrected chi connectivity index (χ4v) is 3.86. The largest absolute Gasteiger partial charge is 0.744 e. The average molecular weight is 522 g/mol. The van der Waals surface area contributed by atoms with Crippen molar-refractivity contribution >= 4 is 16.1 Å². The summed E-state index contributed by atoms with van der Waals surface area (Å²) in [7, 11) is 2.08. The van der Waals surface area contributed by atoms with Crippen LogP contribution in [0.3, 0.4) is 0 Å². The van der Waals surface area contributed by atoms with Gasteiger partial charge in [0.2, 0.25) is 0 Å². The van der Waals surface area contributed by atoms with E-state index >= 15 is 0 Å². The van der Waals surface area contributed by atoms with Crippen LogP contribution >= 0.6 is 0 Å². The fraction of sp³-hybridized carbons (Fsp3) is 0.536. The Hall–Kier alpha value is -2.42. The second-order valence-electron chi connectivity index (χ2n) is 12.2. The molecule has 0 aliphatic rings. The van der Waals surface area contributed by atoms with Crippen LogP contribution in [0.1, 0.15) is 75.0 Å². The molecule has 2 aromatic rings. The predicted octanol–water partition coefficient (Wildman–Crippen LogP) is 5.14. The number of benzene rings is 2. The normalized spacial score (nSPS) is 12.5. The van der Waals surface area contributed by atoms with Gasteiger partial charge in [0, 0.05) is 17.5 Å². The third-order valence-corrected chi connectivity index (χ3v) is 6.33. The van der Waals surface area contributed by atoms with Crippen molar-refractivity contribution in [1.29, 1.82) is 0 Å². The lowest BCUT2D eigenvalue weighted by atomic mass is 9.78. The molecule has 0 fully saturated rings. The number of ether oxygens (including phenoxy) is 1. The molecule has 0 heterocycles. The van der Waals surface area contributed by atoms with Gasteiger partial charge in [-0.2, -0.15) is 0 Å². The van der Waals surface area contributed by atoms with Crippen LogP contribution in [0.2, 0.25) is 0 Å². The third-order valence-electron chi connectivity index (χ3n) is 5.48. The summed E-state index contributed by atoms with van der Waals surface area (Å²) in [6.45, 7) is 15.4. The Kier molecular flexibility index (Phi) is 10.3. The third kappa shape index (κ3) is 10.3. The highest BCUT2D eigenvalue weighted by Crippen LogP contribution is 2.39. The summed E-state index contributed by atoms with van der Waals surface area (Å²) in [5.74, 6) is -0.0426. The van der Waals surface area contributed by atoms with Gasteiger partial charge in [0.25, 0.3) is 0 Å².